The highest BCUT2D eigenvalue weighted by Gasteiger charge is 2.14. The molecule has 1 aromatic rings. The van der Waals surface area contributed by atoms with Gasteiger partial charge in [0.25, 0.3) is 5.69 Å². The Morgan fingerprint density at radius 3 is 2.67 bits per heavy atom. The lowest BCUT2D eigenvalue weighted by Crippen LogP contribution is -1.92. The minimum absolute atomic E-state index is 0.252. The summed E-state index contributed by atoms with van der Waals surface area (Å²) in [4.78, 5) is 9.66. The Morgan fingerprint density at radius 1 is 1.58 bits per heavy atom. The average Bonchev–Trinajstić information content (AvgIpc) is 1.96. The number of hydrogen-bond acceptors (Lipinski definition) is 2. The molecule has 64 valence electrons. The van der Waals surface area contributed by atoms with Gasteiger partial charge in [-0.1, -0.05) is 0 Å². The molecule has 0 radical (unpaired) electrons. The lowest BCUT2D eigenvalue weighted by Gasteiger charge is -1.98. The van der Waals surface area contributed by atoms with Crippen molar-refractivity contribution in [3.8, 4) is 0 Å². The van der Waals surface area contributed by atoms with E-state index in [1.165, 1.54) is 6.07 Å². The van der Waals surface area contributed by atoms with Crippen LogP contribution < -0.4 is 0 Å². The highest BCUT2D eigenvalue weighted by atomic mass is 79.9. The Bertz CT molecular complexity index is 340. The molecule has 0 aliphatic heterocycles. The summed E-state index contributed by atoms with van der Waals surface area (Å²) >= 11 is 2.97. The third kappa shape index (κ3) is 1.61. The van der Waals surface area contributed by atoms with Crippen LogP contribution >= 0.6 is 15.9 Å². The van der Waals surface area contributed by atoms with Crippen molar-refractivity contribution in [2.45, 2.75) is 6.92 Å². The minimum Gasteiger partial charge on any atom is -0.258 e. The van der Waals surface area contributed by atoms with E-state index in [4.69, 9.17) is 0 Å². The molecule has 0 fully saturated rings. The van der Waals surface area contributed by atoms with Crippen molar-refractivity contribution in [2.75, 3.05) is 0 Å². The Labute approximate surface area is 76.5 Å². The van der Waals surface area contributed by atoms with Gasteiger partial charge in [-0.2, -0.15) is 0 Å². The number of hydrogen-bond donors (Lipinski definition) is 0. The molecule has 12 heavy (non-hydrogen) atoms. The first kappa shape index (κ1) is 9.12. The Balaban J connectivity index is 3.33. The molecule has 0 aliphatic rings. The summed E-state index contributed by atoms with van der Waals surface area (Å²) < 4.78 is 13.1. The van der Waals surface area contributed by atoms with Crippen molar-refractivity contribution < 1.29 is 9.31 Å². The Kier molecular flexibility index (Phi) is 2.42. The first-order valence-corrected chi connectivity index (χ1v) is 3.91. The van der Waals surface area contributed by atoms with Crippen molar-refractivity contribution in [3.63, 3.8) is 0 Å². The molecule has 0 bridgehead atoms. The standard InChI is InChI=1S/C7H5BrFNO2/c1-4-2-5(8)7(10(11)12)3-6(4)9/h2-3H,1H3. The molecule has 0 aliphatic carbocycles. The quantitative estimate of drug-likeness (QED) is 0.553. The fraction of sp³-hybridized carbons (Fsp3) is 0.143. The lowest BCUT2D eigenvalue weighted by molar-refractivity contribution is -0.385. The second kappa shape index (κ2) is 3.18. The third-order valence-electron chi connectivity index (χ3n) is 1.42. The van der Waals surface area contributed by atoms with Gasteiger partial charge in [-0.3, -0.25) is 10.1 Å². The summed E-state index contributed by atoms with van der Waals surface area (Å²) in [5, 5.41) is 10.3. The van der Waals surface area contributed by atoms with Gasteiger partial charge < -0.3 is 0 Å². The van der Waals surface area contributed by atoms with Crippen molar-refractivity contribution >= 4 is 21.6 Å². The molecule has 5 heteroatoms. The van der Waals surface area contributed by atoms with Crippen LogP contribution in [0.4, 0.5) is 10.1 Å². The lowest BCUT2D eigenvalue weighted by atomic mass is 10.2. The summed E-state index contributed by atoms with van der Waals surface area (Å²) in [6.45, 7) is 1.55. The summed E-state index contributed by atoms with van der Waals surface area (Å²) in [7, 11) is 0. The van der Waals surface area contributed by atoms with Gasteiger partial charge >= 0.3 is 0 Å². The fourth-order valence-electron chi connectivity index (χ4n) is 0.776. The molecule has 0 atom stereocenters. The molecule has 0 N–H and O–H groups in total. The molecule has 0 heterocycles. The fourth-order valence-corrected chi connectivity index (χ4v) is 1.38. The maximum Gasteiger partial charge on any atom is 0.286 e. The zero-order chi connectivity index (χ0) is 9.30. The van der Waals surface area contributed by atoms with Gasteiger partial charge in [-0.05, 0) is 34.5 Å². The van der Waals surface area contributed by atoms with Crippen LogP contribution in [0, 0.1) is 22.9 Å². The SMILES string of the molecule is Cc1cc(Br)c([N+](=O)[O-])cc1F. The second-order valence-corrected chi connectivity index (χ2v) is 3.16. The Hall–Kier alpha value is -0.970. The van der Waals surface area contributed by atoms with Crippen molar-refractivity contribution in [3.05, 3.63) is 38.1 Å². The van der Waals surface area contributed by atoms with Crippen LogP contribution in [0.5, 0.6) is 0 Å². The number of halogens is 2. The van der Waals surface area contributed by atoms with E-state index in [9.17, 15) is 14.5 Å². The highest BCUT2D eigenvalue weighted by molar-refractivity contribution is 9.10. The maximum atomic E-state index is 12.8. The number of rotatable bonds is 1. The van der Waals surface area contributed by atoms with Crippen LogP contribution in [0.15, 0.2) is 16.6 Å². The van der Waals surface area contributed by atoms with Crippen LogP contribution in [0.25, 0.3) is 0 Å². The first-order valence-electron chi connectivity index (χ1n) is 3.12. The van der Waals surface area contributed by atoms with Gasteiger partial charge in [-0.15, -0.1) is 0 Å². The zero-order valence-electron chi connectivity index (χ0n) is 6.17. The summed E-state index contributed by atoms with van der Waals surface area (Å²) in [6, 6.07) is 2.28. The van der Waals surface area contributed by atoms with E-state index < -0.39 is 10.7 Å². The van der Waals surface area contributed by atoms with Crippen LogP contribution in [-0.4, -0.2) is 4.92 Å². The zero-order valence-corrected chi connectivity index (χ0v) is 7.76. The van der Waals surface area contributed by atoms with Gasteiger partial charge in [0.05, 0.1) is 15.5 Å². The molecule has 1 rings (SSSR count). The number of aryl methyl sites for hydroxylation is 1. The second-order valence-electron chi connectivity index (χ2n) is 2.31. The first-order chi connectivity index (χ1) is 5.52. The van der Waals surface area contributed by atoms with Gasteiger partial charge in [-0.25, -0.2) is 4.39 Å². The number of nitro groups is 1. The maximum absolute atomic E-state index is 12.8. The van der Waals surface area contributed by atoms with Gasteiger partial charge in [0.1, 0.15) is 5.82 Å². The molecule has 3 nitrogen and oxygen atoms in total. The minimum atomic E-state index is -0.632. The predicted molar refractivity (Wildman–Crippen MR) is 45.5 cm³/mol. The summed E-state index contributed by atoms with van der Waals surface area (Å²) in [5.74, 6) is -0.565. The van der Waals surface area contributed by atoms with E-state index in [0.717, 1.165) is 6.07 Å². The van der Waals surface area contributed by atoms with E-state index in [1.54, 1.807) is 6.92 Å². The molecule has 0 aromatic heterocycles. The smallest absolute Gasteiger partial charge is 0.258 e. The summed E-state index contributed by atoms with van der Waals surface area (Å²) in [6.07, 6.45) is 0. The van der Waals surface area contributed by atoms with Gasteiger partial charge in [0, 0.05) is 0 Å². The molecular weight excluding hydrogens is 229 g/mol. The number of benzene rings is 1. The predicted octanol–water partition coefficient (Wildman–Crippen LogP) is 2.80. The van der Waals surface area contributed by atoms with Crippen molar-refractivity contribution in [1.29, 1.82) is 0 Å². The number of nitro benzene ring substituents is 1. The van der Waals surface area contributed by atoms with Crippen molar-refractivity contribution in [1.82, 2.24) is 0 Å². The van der Waals surface area contributed by atoms with E-state index >= 15 is 0 Å². The van der Waals surface area contributed by atoms with E-state index in [2.05, 4.69) is 15.9 Å². The molecule has 0 unspecified atom stereocenters. The summed E-state index contributed by atoms with van der Waals surface area (Å²) in [5.41, 5.74) is 0.130. The molecule has 0 amide bonds. The molecular formula is C7H5BrFNO2. The molecule has 0 saturated carbocycles. The topological polar surface area (TPSA) is 43.1 Å². The number of nitrogens with zero attached hydrogens (tertiary/aromatic N) is 1. The van der Waals surface area contributed by atoms with E-state index in [1.807, 2.05) is 0 Å². The largest absolute Gasteiger partial charge is 0.286 e. The van der Waals surface area contributed by atoms with Gasteiger partial charge in [0.15, 0.2) is 0 Å². The van der Waals surface area contributed by atoms with Crippen LogP contribution in [-0.2, 0) is 0 Å². The monoisotopic (exact) mass is 233 g/mol. The third-order valence-corrected chi connectivity index (χ3v) is 2.06. The van der Waals surface area contributed by atoms with Crippen LogP contribution in [0.3, 0.4) is 0 Å². The van der Waals surface area contributed by atoms with E-state index in [0.29, 0.717) is 10.0 Å². The molecule has 0 spiro atoms. The van der Waals surface area contributed by atoms with Crippen LogP contribution in [0.2, 0.25) is 0 Å². The normalized spacial score (nSPS) is 9.92. The van der Waals surface area contributed by atoms with Gasteiger partial charge in [0.2, 0.25) is 0 Å². The van der Waals surface area contributed by atoms with Crippen LogP contribution in [0.1, 0.15) is 5.56 Å². The average molecular weight is 234 g/mol. The highest BCUT2D eigenvalue weighted by Crippen LogP contribution is 2.27. The Morgan fingerprint density at radius 2 is 2.17 bits per heavy atom. The van der Waals surface area contributed by atoms with Crippen molar-refractivity contribution in [2.24, 2.45) is 0 Å². The van der Waals surface area contributed by atoms with E-state index in [-0.39, 0.29) is 5.69 Å². The molecule has 0 saturated heterocycles. The molecule has 1 aromatic carbocycles.